The Labute approximate surface area is 142 Å². The molecular weight excluding hydrogens is 304 g/mol. The second-order valence-corrected chi connectivity index (χ2v) is 5.65. The number of hydrogen-bond donors (Lipinski definition) is 1. The molecule has 5 nitrogen and oxygen atoms in total. The Hall–Kier alpha value is -2.43. The molecule has 0 saturated carbocycles. The lowest BCUT2D eigenvalue weighted by Gasteiger charge is -2.11. The second-order valence-electron chi connectivity index (χ2n) is 5.65. The highest BCUT2D eigenvalue weighted by Gasteiger charge is 2.17. The number of carbonyl (C=O) groups excluding carboxylic acids is 1. The normalized spacial score (nSPS) is 10.6. The average molecular weight is 328 g/mol. The summed E-state index contributed by atoms with van der Waals surface area (Å²) in [5, 5.41) is 0. The molecule has 2 aromatic rings. The van der Waals surface area contributed by atoms with Crippen LogP contribution in [0.15, 0.2) is 35.3 Å². The molecule has 0 radical (unpaired) electrons. The highest BCUT2D eigenvalue weighted by molar-refractivity contribution is 5.90. The Bertz CT molecular complexity index is 723. The van der Waals surface area contributed by atoms with Gasteiger partial charge in [0.1, 0.15) is 5.56 Å². The first-order valence-electron chi connectivity index (χ1n) is 8.52. The van der Waals surface area contributed by atoms with Gasteiger partial charge in [0, 0.05) is 17.5 Å². The third-order valence-electron chi connectivity index (χ3n) is 3.84. The highest BCUT2D eigenvalue weighted by atomic mass is 16.5. The summed E-state index contributed by atoms with van der Waals surface area (Å²) in [6.45, 7) is 4.11. The molecule has 1 N–H and O–H groups in total. The van der Waals surface area contributed by atoms with Crippen LogP contribution in [0.4, 0.5) is 0 Å². The number of aromatic amines is 1. The number of H-pyrrole nitrogens is 1. The molecule has 0 aromatic carbocycles. The molecule has 0 atom stereocenters. The summed E-state index contributed by atoms with van der Waals surface area (Å²) in [7, 11) is 0. The van der Waals surface area contributed by atoms with Crippen LogP contribution < -0.4 is 5.56 Å². The lowest BCUT2D eigenvalue weighted by Crippen LogP contribution is -2.21. The van der Waals surface area contributed by atoms with Crippen LogP contribution in [0.25, 0.3) is 11.3 Å². The third-order valence-corrected chi connectivity index (χ3v) is 3.84. The molecule has 2 aromatic heterocycles. The minimum Gasteiger partial charge on any atom is -0.462 e. The summed E-state index contributed by atoms with van der Waals surface area (Å²) in [5.41, 5.74) is 1.97. The molecule has 0 aliphatic rings. The number of esters is 1. The fraction of sp³-hybridized carbons (Fsp3) is 0.421. The van der Waals surface area contributed by atoms with E-state index in [1.807, 2.05) is 18.2 Å². The Kier molecular flexibility index (Phi) is 6.73. The number of pyridine rings is 2. The van der Waals surface area contributed by atoms with Crippen molar-refractivity contribution in [3.05, 3.63) is 52.1 Å². The maximum absolute atomic E-state index is 12.3. The molecule has 2 heterocycles. The van der Waals surface area contributed by atoms with E-state index >= 15 is 0 Å². The Morgan fingerprint density at radius 1 is 1.21 bits per heavy atom. The number of carbonyl (C=O) groups is 1. The zero-order valence-corrected chi connectivity index (χ0v) is 14.3. The first-order valence-corrected chi connectivity index (χ1v) is 8.52. The molecule has 5 heteroatoms. The fourth-order valence-corrected chi connectivity index (χ4v) is 2.61. The van der Waals surface area contributed by atoms with Crippen LogP contribution in [0.1, 0.15) is 55.6 Å². The van der Waals surface area contributed by atoms with Crippen LogP contribution >= 0.6 is 0 Å². The van der Waals surface area contributed by atoms with Crippen LogP contribution in [0.2, 0.25) is 0 Å². The number of rotatable bonds is 8. The van der Waals surface area contributed by atoms with Crippen molar-refractivity contribution in [1.82, 2.24) is 9.97 Å². The average Bonchev–Trinajstić information content (AvgIpc) is 2.59. The van der Waals surface area contributed by atoms with Crippen molar-refractivity contribution in [3.8, 4) is 11.3 Å². The molecule has 24 heavy (non-hydrogen) atoms. The minimum atomic E-state index is -0.603. The van der Waals surface area contributed by atoms with E-state index in [1.165, 1.54) is 6.42 Å². The van der Waals surface area contributed by atoms with Crippen LogP contribution in [-0.2, 0) is 11.2 Å². The monoisotopic (exact) mass is 328 g/mol. The van der Waals surface area contributed by atoms with Crippen LogP contribution in [0, 0.1) is 0 Å². The molecule has 0 saturated heterocycles. The van der Waals surface area contributed by atoms with Gasteiger partial charge in [0.15, 0.2) is 0 Å². The lowest BCUT2D eigenvalue weighted by molar-refractivity contribution is 0.0524. The molecular formula is C19H24N2O3. The van der Waals surface area contributed by atoms with E-state index in [-0.39, 0.29) is 12.2 Å². The second kappa shape index (κ2) is 9.01. The highest BCUT2D eigenvalue weighted by Crippen LogP contribution is 2.22. The number of ether oxygens (including phenoxy) is 1. The molecule has 0 spiro atoms. The molecule has 2 rings (SSSR count). The lowest BCUT2D eigenvalue weighted by atomic mass is 10.0. The van der Waals surface area contributed by atoms with Crippen molar-refractivity contribution in [1.29, 1.82) is 0 Å². The van der Waals surface area contributed by atoms with Gasteiger partial charge >= 0.3 is 5.97 Å². The quantitative estimate of drug-likeness (QED) is 0.592. The first kappa shape index (κ1) is 17.9. The van der Waals surface area contributed by atoms with E-state index in [2.05, 4.69) is 16.9 Å². The van der Waals surface area contributed by atoms with Gasteiger partial charge in [-0.05, 0) is 38.0 Å². The topological polar surface area (TPSA) is 72.0 Å². The zero-order chi connectivity index (χ0) is 17.4. The number of hydrogen-bond acceptors (Lipinski definition) is 4. The summed E-state index contributed by atoms with van der Waals surface area (Å²) in [4.78, 5) is 31.5. The summed E-state index contributed by atoms with van der Waals surface area (Å²) < 4.78 is 4.97. The van der Waals surface area contributed by atoms with Gasteiger partial charge in [-0.2, -0.15) is 0 Å². The largest absolute Gasteiger partial charge is 0.462 e. The zero-order valence-electron chi connectivity index (χ0n) is 14.3. The fourth-order valence-electron chi connectivity index (χ4n) is 2.61. The van der Waals surface area contributed by atoms with Crippen LogP contribution in [-0.4, -0.2) is 22.5 Å². The number of unbranched alkanes of at least 4 members (excludes halogenated alkanes) is 3. The van der Waals surface area contributed by atoms with Gasteiger partial charge in [-0.3, -0.25) is 9.78 Å². The SMILES string of the molecule is CCCCCCc1[nH]c(=O)c(C(=O)OCC)cc1-c1ccccn1. The van der Waals surface area contributed by atoms with Gasteiger partial charge in [0.25, 0.3) is 5.56 Å². The smallest absolute Gasteiger partial charge is 0.343 e. The van der Waals surface area contributed by atoms with Gasteiger partial charge < -0.3 is 9.72 Å². The van der Waals surface area contributed by atoms with Gasteiger partial charge in [-0.1, -0.05) is 32.3 Å². The first-order chi connectivity index (χ1) is 11.7. The summed E-state index contributed by atoms with van der Waals surface area (Å²) >= 11 is 0. The molecule has 0 aliphatic carbocycles. The summed E-state index contributed by atoms with van der Waals surface area (Å²) in [5.74, 6) is -0.603. The number of nitrogens with one attached hydrogen (secondary N) is 1. The van der Waals surface area contributed by atoms with Crippen LogP contribution in [0.5, 0.6) is 0 Å². The van der Waals surface area contributed by atoms with Gasteiger partial charge in [0.05, 0.1) is 12.3 Å². The number of aryl methyl sites for hydroxylation is 1. The summed E-state index contributed by atoms with van der Waals surface area (Å²) in [6, 6.07) is 7.20. The van der Waals surface area contributed by atoms with Crippen molar-refractivity contribution >= 4 is 5.97 Å². The Balaban J connectivity index is 2.40. The molecule has 128 valence electrons. The van der Waals surface area contributed by atoms with Gasteiger partial charge in [0.2, 0.25) is 0 Å². The van der Waals surface area contributed by atoms with Gasteiger partial charge in [-0.25, -0.2) is 4.79 Å². The van der Waals surface area contributed by atoms with Crippen LogP contribution in [0.3, 0.4) is 0 Å². The number of aromatic nitrogens is 2. The molecule has 0 aliphatic heterocycles. The van der Waals surface area contributed by atoms with Crippen molar-refractivity contribution in [2.45, 2.75) is 46.0 Å². The van der Waals surface area contributed by atoms with Crippen molar-refractivity contribution < 1.29 is 9.53 Å². The Morgan fingerprint density at radius 3 is 2.71 bits per heavy atom. The van der Waals surface area contributed by atoms with E-state index in [1.54, 1.807) is 19.2 Å². The van der Waals surface area contributed by atoms with Gasteiger partial charge in [-0.15, -0.1) is 0 Å². The van der Waals surface area contributed by atoms with Crippen molar-refractivity contribution in [3.63, 3.8) is 0 Å². The minimum absolute atomic E-state index is 0.0230. The maximum Gasteiger partial charge on any atom is 0.343 e. The van der Waals surface area contributed by atoms with E-state index < -0.39 is 11.5 Å². The summed E-state index contributed by atoms with van der Waals surface area (Å²) in [6.07, 6.45) is 6.88. The number of nitrogens with zero attached hydrogens (tertiary/aromatic N) is 1. The molecule has 0 amide bonds. The third kappa shape index (κ3) is 4.54. The van der Waals surface area contributed by atoms with E-state index in [0.717, 1.165) is 42.6 Å². The van der Waals surface area contributed by atoms with E-state index in [4.69, 9.17) is 4.74 Å². The predicted octanol–water partition coefficient (Wildman–Crippen LogP) is 3.74. The molecule has 0 bridgehead atoms. The standard InChI is InChI=1S/C19H24N2O3/c1-3-5-6-7-11-17-14(16-10-8-9-12-20-16)13-15(18(22)21-17)19(23)24-4-2/h8-10,12-13H,3-7,11H2,1-2H3,(H,21,22). The van der Waals surface area contributed by atoms with E-state index in [0.29, 0.717) is 0 Å². The maximum atomic E-state index is 12.3. The predicted molar refractivity (Wildman–Crippen MR) is 94.1 cm³/mol. The molecule has 0 unspecified atom stereocenters. The van der Waals surface area contributed by atoms with Crippen molar-refractivity contribution in [2.24, 2.45) is 0 Å². The van der Waals surface area contributed by atoms with Crippen molar-refractivity contribution in [2.75, 3.05) is 6.61 Å². The van der Waals surface area contributed by atoms with E-state index in [9.17, 15) is 9.59 Å². The molecule has 0 fully saturated rings. The Morgan fingerprint density at radius 2 is 2.04 bits per heavy atom.